The first-order valence-electron chi connectivity index (χ1n) is 9.22. The Morgan fingerprint density at radius 3 is 2.62 bits per heavy atom. The van der Waals surface area contributed by atoms with Gasteiger partial charge in [0.25, 0.3) is 0 Å². The fourth-order valence-corrected chi connectivity index (χ4v) is 4.30. The van der Waals surface area contributed by atoms with Gasteiger partial charge in [-0.3, -0.25) is 4.99 Å². The molecule has 0 radical (unpaired) electrons. The summed E-state index contributed by atoms with van der Waals surface area (Å²) in [7, 11) is 0. The van der Waals surface area contributed by atoms with Crippen molar-refractivity contribution in [2.24, 2.45) is 4.99 Å². The lowest BCUT2D eigenvalue weighted by Crippen LogP contribution is -2.48. The largest absolute Gasteiger partial charge is 0.366 e. The summed E-state index contributed by atoms with van der Waals surface area (Å²) in [5.74, 6) is 0.197. The second kappa shape index (κ2) is 7.67. The number of aliphatic imine (C=N–C) groups is 1. The van der Waals surface area contributed by atoms with Crippen molar-refractivity contribution in [2.45, 2.75) is 52.0 Å². The van der Waals surface area contributed by atoms with Crippen molar-refractivity contribution in [3.8, 4) is 0 Å². The fourth-order valence-electron chi connectivity index (χ4n) is 3.94. The van der Waals surface area contributed by atoms with Crippen LogP contribution in [0.1, 0.15) is 57.6 Å². The van der Waals surface area contributed by atoms with E-state index in [1.807, 2.05) is 30.3 Å². The second-order valence-corrected chi connectivity index (χ2v) is 8.98. The Morgan fingerprint density at radius 1 is 1.27 bits per heavy atom. The van der Waals surface area contributed by atoms with Crippen molar-refractivity contribution in [3.05, 3.63) is 56.9 Å². The monoisotopic (exact) mass is 464 g/mol. The lowest BCUT2D eigenvalue weighted by atomic mass is 9.79. The molecule has 1 heterocycles. The molecule has 2 nitrogen and oxygen atoms in total. The van der Waals surface area contributed by atoms with Gasteiger partial charge >= 0.3 is 0 Å². The van der Waals surface area contributed by atoms with E-state index in [0.29, 0.717) is 11.5 Å². The van der Waals surface area contributed by atoms with E-state index in [1.54, 1.807) is 12.3 Å². The normalized spacial score (nSPS) is 19.0. The highest BCUT2D eigenvalue weighted by Gasteiger charge is 2.36. The molecule has 0 aliphatic carbocycles. The molecule has 0 amide bonds. The van der Waals surface area contributed by atoms with Gasteiger partial charge in [0, 0.05) is 33.1 Å². The van der Waals surface area contributed by atoms with Crippen LogP contribution < -0.4 is 4.90 Å². The average molecular weight is 464 g/mol. The van der Waals surface area contributed by atoms with Crippen LogP contribution in [-0.4, -0.2) is 18.3 Å². The summed E-state index contributed by atoms with van der Waals surface area (Å²) < 4.78 is 16.0. The third kappa shape index (κ3) is 3.95. The summed E-state index contributed by atoms with van der Waals surface area (Å²) >= 11 is 2.26. The Hall–Kier alpha value is -1.43. The maximum atomic E-state index is 14.8. The van der Waals surface area contributed by atoms with Crippen LogP contribution in [0.5, 0.6) is 0 Å². The van der Waals surface area contributed by atoms with Gasteiger partial charge in [-0.25, -0.2) is 4.39 Å². The molecule has 0 N–H and O–H groups in total. The van der Waals surface area contributed by atoms with Crippen molar-refractivity contribution in [1.82, 2.24) is 0 Å². The number of hydrogen-bond acceptors (Lipinski definition) is 2. The van der Waals surface area contributed by atoms with Gasteiger partial charge in [0.05, 0.1) is 5.69 Å². The number of hydrogen-bond donors (Lipinski definition) is 0. The van der Waals surface area contributed by atoms with E-state index in [-0.39, 0.29) is 11.4 Å². The number of nitrogens with zero attached hydrogens (tertiary/aromatic N) is 2. The van der Waals surface area contributed by atoms with Gasteiger partial charge in [-0.05, 0) is 97.2 Å². The average Bonchev–Trinajstić information content (AvgIpc) is 2.58. The molecule has 0 spiro atoms. The molecule has 0 fully saturated rings. The zero-order chi connectivity index (χ0) is 18.9. The quantitative estimate of drug-likeness (QED) is 0.364. The van der Waals surface area contributed by atoms with Crippen molar-refractivity contribution in [2.75, 3.05) is 11.4 Å². The smallest absolute Gasteiger partial charge is 0.134 e. The Balaban J connectivity index is 1.98. The van der Waals surface area contributed by atoms with Crippen LogP contribution in [-0.2, 0) is 0 Å². The lowest BCUT2D eigenvalue weighted by molar-refractivity contribution is 0.375. The Labute approximate surface area is 169 Å². The van der Waals surface area contributed by atoms with Crippen molar-refractivity contribution in [3.63, 3.8) is 0 Å². The van der Waals surface area contributed by atoms with E-state index in [0.717, 1.165) is 34.3 Å². The van der Waals surface area contributed by atoms with Gasteiger partial charge < -0.3 is 4.90 Å². The maximum absolute atomic E-state index is 14.8. The molecule has 0 saturated heterocycles. The highest BCUT2D eigenvalue weighted by atomic mass is 127. The minimum atomic E-state index is -0.205. The first kappa shape index (κ1) is 19.3. The Kier molecular flexibility index (Phi) is 5.70. The molecular weight excluding hydrogens is 438 g/mol. The molecule has 1 atom stereocenters. The van der Waals surface area contributed by atoms with Crippen LogP contribution in [0.25, 0.3) is 0 Å². The van der Waals surface area contributed by atoms with Gasteiger partial charge in [-0.2, -0.15) is 0 Å². The molecule has 2 aromatic rings. The molecule has 0 aromatic heterocycles. The molecule has 0 saturated carbocycles. The molecule has 138 valence electrons. The minimum Gasteiger partial charge on any atom is -0.366 e. The van der Waals surface area contributed by atoms with Gasteiger partial charge in [-0.1, -0.05) is 13.8 Å². The second-order valence-electron chi connectivity index (χ2n) is 7.74. The van der Waals surface area contributed by atoms with Crippen molar-refractivity contribution in [1.29, 1.82) is 0 Å². The minimum absolute atomic E-state index is 0.0473. The highest BCUT2D eigenvalue weighted by molar-refractivity contribution is 14.1. The predicted molar refractivity (Wildman–Crippen MR) is 118 cm³/mol. The van der Waals surface area contributed by atoms with E-state index in [1.165, 1.54) is 5.56 Å². The summed E-state index contributed by atoms with van der Waals surface area (Å²) in [6, 6.07) is 11.6. The zero-order valence-electron chi connectivity index (χ0n) is 15.9. The van der Waals surface area contributed by atoms with E-state index in [9.17, 15) is 4.39 Å². The number of fused-ring (bicyclic) bond motifs is 1. The molecule has 0 bridgehead atoms. The van der Waals surface area contributed by atoms with Crippen LogP contribution in [0, 0.1) is 9.39 Å². The van der Waals surface area contributed by atoms with Crippen LogP contribution >= 0.6 is 22.6 Å². The molecule has 26 heavy (non-hydrogen) atoms. The first-order valence-corrected chi connectivity index (χ1v) is 10.3. The summed E-state index contributed by atoms with van der Waals surface area (Å²) in [6.45, 7) is 9.87. The molecule has 4 heteroatoms. The van der Waals surface area contributed by atoms with Crippen molar-refractivity contribution < 1.29 is 4.39 Å². The number of benzene rings is 2. The number of anilines is 1. The van der Waals surface area contributed by atoms with Gasteiger partial charge in [0.1, 0.15) is 5.82 Å². The molecule has 3 rings (SSSR count). The summed E-state index contributed by atoms with van der Waals surface area (Å²) in [6.07, 6.45) is 3.77. The summed E-state index contributed by atoms with van der Waals surface area (Å²) in [5.41, 5.74) is 3.71. The van der Waals surface area contributed by atoms with Crippen LogP contribution in [0.15, 0.2) is 41.4 Å². The third-order valence-corrected chi connectivity index (χ3v) is 5.85. The topological polar surface area (TPSA) is 15.6 Å². The van der Waals surface area contributed by atoms with Crippen LogP contribution in [0.3, 0.4) is 0 Å². The molecule has 2 aromatic carbocycles. The first-order chi connectivity index (χ1) is 12.3. The van der Waals surface area contributed by atoms with E-state index in [2.05, 4.69) is 60.2 Å². The Morgan fingerprint density at radius 2 is 1.96 bits per heavy atom. The Bertz CT molecular complexity index is 812. The highest BCUT2D eigenvalue weighted by Crippen LogP contribution is 2.44. The number of halogens is 2. The lowest BCUT2D eigenvalue weighted by Gasteiger charge is -2.47. The zero-order valence-corrected chi connectivity index (χ0v) is 18.0. The van der Waals surface area contributed by atoms with Crippen LogP contribution in [0.4, 0.5) is 15.8 Å². The van der Waals surface area contributed by atoms with E-state index in [4.69, 9.17) is 0 Å². The third-order valence-electron chi connectivity index (χ3n) is 5.13. The summed E-state index contributed by atoms with van der Waals surface area (Å²) in [5, 5.41) is 0. The van der Waals surface area contributed by atoms with Gasteiger partial charge in [-0.15, -0.1) is 0 Å². The number of rotatable bonds is 4. The maximum Gasteiger partial charge on any atom is 0.134 e. The SMILES string of the molecule is CCCN1c2cc(F)c(C=Nc3ccc(I)cc3)cc2C(C)CC1(C)C. The predicted octanol–water partition coefficient (Wildman–Crippen LogP) is 6.68. The molecular formula is C22H26FIN2. The summed E-state index contributed by atoms with van der Waals surface area (Å²) in [4.78, 5) is 6.82. The molecule has 1 aliphatic heterocycles. The molecule has 1 aliphatic rings. The van der Waals surface area contributed by atoms with E-state index >= 15 is 0 Å². The van der Waals surface area contributed by atoms with E-state index < -0.39 is 0 Å². The van der Waals surface area contributed by atoms with Crippen LogP contribution in [0.2, 0.25) is 0 Å². The molecule has 1 unspecified atom stereocenters. The van der Waals surface area contributed by atoms with Gasteiger partial charge in [0.2, 0.25) is 0 Å². The van der Waals surface area contributed by atoms with Crippen molar-refractivity contribution >= 4 is 40.2 Å². The fraction of sp³-hybridized carbons (Fsp3) is 0.409. The standard InChI is InChI=1S/C22H26FIN2/c1-5-10-26-21-12-20(23)16(11-19(21)15(2)13-22(26,3)4)14-25-18-8-6-17(24)7-9-18/h6-9,11-12,14-15H,5,10,13H2,1-4H3. The van der Waals surface area contributed by atoms with Gasteiger partial charge in [0.15, 0.2) is 0 Å².